The number of likely N-dealkylation sites (tertiary alicyclic amines) is 1. The first-order valence-corrected chi connectivity index (χ1v) is 7.18. The quantitative estimate of drug-likeness (QED) is 0.652. The van der Waals surface area contributed by atoms with Crippen molar-refractivity contribution < 1.29 is 9.53 Å². The molecule has 5 nitrogen and oxygen atoms in total. The van der Waals surface area contributed by atoms with Gasteiger partial charge in [0, 0.05) is 18.1 Å². The van der Waals surface area contributed by atoms with Gasteiger partial charge < -0.3 is 9.64 Å². The molecule has 0 radical (unpaired) electrons. The predicted molar refractivity (Wildman–Crippen MR) is 75.6 cm³/mol. The number of nitrogens with zero attached hydrogens (tertiary/aromatic N) is 1. The van der Waals surface area contributed by atoms with Gasteiger partial charge in [-0.1, -0.05) is 30.3 Å². The van der Waals surface area contributed by atoms with Gasteiger partial charge in [-0.2, -0.15) is 0 Å². The molecular weight excluding hydrogens is 254 g/mol. The zero-order chi connectivity index (χ0) is 14.0. The Labute approximate surface area is 119 Å². The zero-order valence-corrected chi connectivity index (χ0v) is 11.5. The molecule has 1 amide bonds. The number of nitrogens with one attached hydrogen (secondary N) is 1. The van der Waals surface area contributed by atoms with Crippen LogP contribution in [0.15, 0.2) is 30.3 Å². The summed E-state index contributed by atoms with van der Waals surface area (Å²) in [6, 6.07) is 9.93. The number of amides is 1. The fraction of sp³-hybridized carbons (Fsp3) is 0.533. The van der Waals surface area contributed by atoms with Crippen LogP contribution in [0.25, 0.3) is 0 Å². The molecule has 3 rings (SSSR count). The van der Waals surface area contributed by atoms with E-state index in [1.165, 1.54) is 0 Å². The van der Waals surface area contributed by atoms with Crippen molar-refractivity contribution in [3.8, 4) is 0 Å². The summed E-state index contributed by atoms with van der Waals surface area (Å²) in [7, 11) is 0. The molecule has 1 saturated carbocycles. The molecule has 1 aliphatic heterocycles. The van der Waals surface area contributed by atoms with E-state index in [0.29, 0.717) is 13.2 Å². The molecular formula is C15H21N3O2. The van der Waals surface area contributed by atoms with E-state index in [2.05, 4.69) is 5.43 Å². The lowest BCUT2D eigenvalue weighted by Gasteiger charge is -2.39. The molecule has 0 aromatic heterocycles. The fourth-order valence-electron chi connectivity index (χ4n) is 2.95. The van der Waals surface area contributed by atoms with E-state index in [-0.39, 0.29) is 17.7 Å². The average molecular weight is 275 g/mol. The van der Waals surface area contributed by atoms with Crippen LogP contribution in [0.1, 0.15) is 31.2 Å². The van der Waals surface area contributed by atoms with Gasteiger partial charge in [0.2, 0.25) is 0 Å². The molecule has 2 fully saturated rings. The second-order valence-corrected chi connectivity index (χ2v) is 5.78. The van der Waals surface area contributed by atoms with Crippen LogP contribution in [0, 0.1) is 0 Å². The van der Waals surface area contributed by atoms with Crippen molar-refractivity contribution in [2.24, 2.45) is 5.84 Å². The number of carbonyl (C=O) groups is 1. The predicted octanol–water partition coefficient (Wildman–Crippen LogP) is 1.78. The normalized spacial score (nSPS) is 23.6. The number of hydrogen-bond donors (Lipinski definition) is 2. The monoisotopic (exact) mass is 275 g/mol. The molecule has 1 atom stereocenters. The number of nitrogens with two attached hydrogens (primary N) is 1. The highest BCUT2D eigenvalue weighted by molar-refractivity contribution is 5.69. The minimum Gasteiger partial charge on any atom is -0.445 e. The Kier molecular flexibility index (Phi) is 3.63. The topological polar surface area (TPSA) is 67.6 Å². The third kappa shape index (κ3) is 2.64. The minimum atomic E-state index is -0.216. The molecule has 1 spiro atoms. The van der Waals surface area contributed by atoms with E-state index < -0.39 is 0 Å². The van der Waals surface area contributed by atoms with E-state index in [1.54, 1.807) is 0 Å². The van der Waals surface area contributed by atoms with Crippen LogP contribution in [0.5, 0.6) is 0 Å². The highest BCUT2D eigenvalue weighted by Gasteiger charge is 2.53. The largest absolute Gasteiger partial charge is 0.445 e. The maximum absolute atomic E-state index is 12.3. The van der Waals surface area contributed by atoms with Gasteiger partial charge >= 0.3 is 6.09 Å². The van der Waals surface area contributed by atoms with Crippen LogP contribution in [0.2, 0.25) is 0 Å². The maximum Gasteiger partial charge on any atom is 0.410 e. The first-order valence-electron chi connectivity index (χ1n) is 7.18. The molecule has 1 saturated heterocycles. The van der Waals surface area contributed by atoms with Crippen LogP contribution >= 0.6 is 0 Å². The molecule has 1 aromatic rings. The molecule has 3 N–H and O–H groups in total. The molecule has 5 heteroatoms. The third-order valence-corrected chi connectivity index (χ3v) is 4.42. The molecule has 1 unspecified atom stereocenters. The first-order chi connectivity index (χ1) is 9.73. The highest BCUT2D eigenvalue weighted by Crippen LogP contribution is 2.48. The lowest BCUT2D eigenvalue weighted by molar-refractivity contribution is 0.0526. The van der Waals surface area contributed by atoms with Crippen molar-refractivity contribution in [1.82, 2.24) is 10.3 Å². The lowest BCUT2D eigenvalue weighted by Crippen LogP contribution is -2.55. The fourth-order valence-corrected chi connectivity index (χ4v) is 2.95. The summed E-state index contributed by atoms with van der Waals surface area (Å²) in [5.74, 6) is 5.51. The van der Waals surface area contributed by atoms with E-state index in [1.807, 2.05) is 35.2 Å². The van der Waals surface area contributed by atoms with Gasteiger partial charge in [-0.25, -0.2) is 4.79 Å². The van der Waals surface area contributed by atoms with Crippen molar-refractivity contribution in [3.05, 3.63) is 35.9 Å². The molecule has 20 heavy (non-hydrogen) atoms. The first kappa shape index (κ1) is 13.4. The summed E-state index contributed by atoms with van der Waals surface area (Å²) >= 11 is 0. The van der Waals surface area contributed by atoms with Crippen LogP contribution in [-0.2, 0) is 11.3 Å². The Morgan fingerprint density at radius 3 is 2.75 bits per heavy atom. The van der Waals surface area contributed by atoms with Crippen LogP contribution in [0.3, 0.4) is 0 Å². The van der Waals surface area contributed by atoms with Crippen molar-refractivity contribution >= 4 is 6.09 Å². The Bertz CT molecular complexity index is 473. The molecule has 2 aliphatic rings. The van der Waals surface area contributed by atoms with Gasteiger partial charge in [0.1, 0.15) is 6.61 Å². The van der Waals surface area contributed by atoms with Crippen molar-refractivity contribution in [2.75, 3.05) is 6.54 Å². The average Bonchev–Trinajstić information content (AvgIpc) is 3.26. The SMILES string of the molecule is NNC1CCC2(CC2)N(C(=O)OCc2ccccc2)C1. The van der Waals surface area contributed by atoms with Gasteiger partial charge in [-0.05, 0) is 31.2 Å². The summed E-state index contributed by atoms with van der Waals surface area (Å²) in [4.78, 5) is 14.2. The number of ether oxygens (including phenoxy) is 1. The Balaban J connectivity index is 1.60. The van der Waals surface area contributed by atoms with E-state index in [9.17, 15) is 4.79 Å². The van der Waals surface area contributed by atoms with E-state index in [4.69, 9.17) is 10.6 Å². The highest BCUT2D eigenvalue weighted by atomic mass is 16.6. The summed E-state index contributed by atoms with van der Waals surface area (Å²) in [5.41, 5.74) is 3.85. The number of piperidine rings is 1. The number of carbonyl (C=O) groups excluding carboxylic acids is 1. The van der Waals surface area contributed by atoms with Gasteiger partial charge in [-0.15, -0.1) is 0 Å². The van der Waals surface area contributed by atoms with Gasteiger partial charge in [0.15, 0.2) is 0 Å². The molecule has 108 valence electrons. The van der Waals surface area contributed by atoms with E-state index >= 15 is 0 Å². The standard InChI is InChI=1S/C15H21N3O2/c16-17-13-6-7-15(8-9-15)18(10-13)14(19)20-11-12-4-2-1-3-5-12/h1-5,13,17H,6-11,16H2. The van der Waals surface area contributed by atoms with Crippen molar-refractivity contribution in [3.63, 3.8) is 0 Å². The molecule has 1 aromatic carbocycles. The van der Waals surface area contributed by atoms with Crippen molar-refractivity contribution in [2.45, 2.75) is 43.9 Å². The Morgan fingerprint density at radius 1 is 1.35 bits per heavy atom. The summed E-state index contributed by atoms with van der Waals surface area (Å²) in [6.07, 6.45) is 4.00. The number of hydrogen-bond acceptors (Lipinski definition) is 4. The summed E-state index contributed by atoms with van der Waals surface area (Å²) in [6.45, 7) is 0.969. The van der Waals surface area contributed by atoms with Gasteiger partial charge in [0.25, 0.3) is 0 Å². The second kappa shape index (κ2) is 5.42. The second-order valence-electron chi connectivity index (χ2n) is 5.78. The number of benzene rings is 1. The molecule has 1 aliphatic carbocycles. The van der Waals surface area contributed by atoms with Crippen LogP contribution in [-0.4, -0.2) is 29.1 Å². The lowest BCUT2D eigenvalue weighted by atomic mass is 9.97. The Morgan fingerprint density at radius 2 is 2.10 bits per heavy atom. The van der Waals surface area contributed by atoms with Gasteiger partial charge in [-0.3, -0.25) is 11.3 Å². The molecule has 1 heterocycles. The molecule has 0 bridgehead atoms. The number of rotatable bonds is 3. The maximum atomic E-state index is 12.3. The van der Waals surface area contributed by atoms with Crippen LogP contribution in [0.4, 0.5) is 4.79 Å². The zero-order valence-electron chi connectivity index (χ0n) is 11.5. The van der Waals surface area contributed by atoms with Crippen molar-refractivity contribution in [1.29, 1.82) is 0 Å². The third-order valence-electron chi connectivity index (χ3n) is 4.42. The van der Waals surface area contributed by atoms with E-state index in [0.717, 1.165) is 31.2 Å². The van der Waals surface area contributed by atoms with Gasteiger partial charge in [0.05, 0.1) is 0 Å². The minimum absolute atomic E-state index is 0.0567. The summed E-state index contributed by atoms with van der Waals surface area (Å²) < 4.78 is 5.45. The Hall–Kier alpha value is -1.59. The smallest absolute Gasteiger partial charge is 0.410 e. The summed E-state index contributed by atoms with van der Waals surface area (Å²) in [5, 5.41) is 0. The van der Waals surface area contributed by atoms with Crippen LogP contribution < -0.4 is 11.3 Å². The number of hydrazine groups is 1.